The first-order chi connectivity index (χ1) is 7.99. The van der Waals surface area contributed by atoms with E-state index in [0.29, 0.717) is 18.4 Å². The lowest BCUT2D eigenvalue weighted by molar-refractivity contribution is -0.121. The summed E-state index contributed by atoms with van der Waals surface area (Å²) in [6.45, 7) is 9.49. The summed E-state index contributed by atoms with van der Waals surface area (Å²) in [5.74, 6) is 0.766. The highest BCUT2D eigenvalue weighted by Crippen LogP contribution is 2.17. The van der Waals surface area contributed by atoms with E-state index in [1.54, 1.807) is 0 Å². The minimum Gasteiger partial charge on any atom is -0.356 e. The molecule has 3 N–H and O–H groups in total. The Kier molecular flexibility index (Phi) is 5.92. The van der Waals surface area contributed by atoms with Crippen LogP contribution in [0.1, 0.15) is 40.0 Å². The van der Waals surface area contributed by atoms with E-state index in [4.69, 9.17) is 5.73 Å². The zero-order chi connectivity index (χ0) is 12.8. The lowest BCUT2D eigenvalue weighted by atomic mass is 10.1. The van der Waals surface area contributed by atoms with Gasteiger partial charge in [0.1, 0.15) is 0 Å². The van der Waals surface area contributed by atoms with Crippen molar-refractivity contribution in [3.8, 4) is 0 Å². The third-order valence-electron chi connectivity index (χ3n) is 3.46. The summed E-state index contributed by atoms with van der Waals surface area (Å²) in [4.78, 5) is 14.0. The molecule has 4 heteroatoms. The highest BCUT2D eigenvalue weighted by Gasteiger charge is 2.24. The van der Waals surface area contributed by atoms with E-state index >= 15 is 0 Å². The second-order valence-electron chi connectivity index (χ2n) is 5.56. The number of nitrogens with zero attached hydrogens (tertiary/aromatic N) is 1. The second kappa shape index (κ2) is 6.97. The Morgan fingerprint density at radius 2 is 2.18 bits per heavy atom. The number of likely N-dealkylation sites (tertiary alicyclic amines) is 1. The van der Waals surface area contributed by atoms with Crippen LogP contribution in [0.2, 0.25) is 0 Å². The summed E-state index contributed by atoms with van der Waals surface area (Å²) in [5.41, 5.74) is 5.62. The molecule has 0 aromatic rings. The van der Waals surface area contributed by atoms with E-state index in [1.807, 2.05) is 6.92 Å². The Morgan fingerprint density at radius 3 is 2.71 bits per heavy atom. The van der Waals surface area contributed by atoms with Crippen molar-refractivity contribution in [3.05, 3.63) is 0 Å². The molecular formula is C13H27N3O. The maximum atomic E-state index is 11.5. The normalized spacial score (nSPS) is 23.0. The van der Waals surface area contributed by atoms with Crippen LogP contribution < -0.4 is 11.1 Å². The van der Waals surface area contributed by atoms with E-state index in [1.165, 1.54) is 6.42 Å². The molecule has 2 atom stereocenters. The maximum Gasteiger partial charge on any atom is 0.220 e. The van der Waals surface area contributed by atoms with Crippen molar-refractivity contribution in [2.45, 2.75) is 52.1 Å². The Labute approximate surface area is 105 Å². The Bertz CT molecular complexity index is 241. The molecule has 0 saturated carbocycles. The lowest BCUT2D eigenvalue weighted by Crippen LogP contribution is -2.33. The second-order valence-corrected chi connectivity index (χ2v) is 5.56. The summed E-state index contributed by atoms with van der Waals surface area (Å²) >= 11 is 0. The molecule has 1 aliphatic rings. The Hall–Kier alpha value is -0.610. The van der Waals surface area contributed by atoms with Crippen LogP contribution in [-0.2, 0) is 4.79 Å². The SMILES string of the molecule is CC(N)CCC(=O)NCC1CCN(C(C)C)C1. The van der Waals surface area contributed by atoms with Crippen molar-refractivity contribution in [2.75, 3.05) is 19.6 Å². The van der Waals surface area contributed by atoms with Gasteiger partial charge < -0.3 is 16.0 Å². The van der Waals surface area contributed by atoms with E-state index < -0.39 is 0 Å². The third kappa shape index (κ3) is 5.50. The first-order valence-corrected chi connectivity index (χ1v) is 6.75. The molecule has 4 nitrogen and oxygen atoms in total. The van der Waals surface area contributed by atoms with Crippen molar-refractivity contribution < 1.29 is 4.79 Å². The fourth-order valence-electron chi connectivity index (χ4n) is 2.20. The maximum absolute atomic E-state index is 11.5. The molecule has 17 heavy (non-hydrogen) atoms. The predicted molar refractivity (Wildman–Crippen MR) is 70.7 cm³/mol. The van der Waals surface area contributed by atoms with Crippen LogP contribution in [0, 0.1) is 5.92 Å². The van der Waals surface area contributed by atoms with Crippen molar-refractivity contribution >= 4 is 5.91 Å². The molecule has 1 fully saturated rings. The molecule has 0 bridgehead atoms. The molecular weight excluding hydrogens is 214 g/mol. The van der Waals surface area contributed by atoms with Gasteiger partial charge in [-0.25, -0.2) is 0 Å². The van der Waals surface area contributed by atoms with Gasteiger partial charge in [0.25, 0.3) is 0 Å². The van der Waals surface area contributed by atoms with Crippen molar-refractivity contribution in [2.24, 2.45) is 11.7 Å². The van der Waals surface area contributed by atoms with Crippen LogP contribution in [0.25, 0.3) is 0 Å². The van der Waals surface area contributed by atoms with Gasteiger partial charge in [-0.15, -0.1) is 0 Å². The van der Waals surface area contributed by atoms with Crippen LogP contribution >= 0.6 is 0 Å². The van der Waals surface area contributed by atoms with Gasteiger partial charge in [-0.05, 0) is 46.1 Å². The van der Waals surface area contributed by atoms with Crippen LogP contribution in [0.4, 0.5) is 0 Å². The molecule has 0 aromatic heterocycles. The smallest absolute Gasteiger partial charge is 0.220 e. The average Bonchev–Trinajstić information content (AvgIpc) is 2.72. The first-order valence-electron chi connectivity index (χ1n) is 6.75. The summed E-state index contributed by atoms with van der Waals surface area (Å²) in [6.07, 6.45) is 2.53. The quantitative estimate of drug-likeness (QED) is 0.728. The van der Waals surface area contributed by atoms with Gasteiger partial charge in [0, 0.05) is 31.6 Å². The molecule has 1 heterocycles. The summed E-state index contributed by atoms with van der Waals surface area (Å²) in [6, 6.07) is 0.734. The van der Waals surface area contributed by atoms with Gasteiger partial charge in [-0.3, -0.25) is 4.79 Å². The van der Waals surface area contributed by atoms with E-state index in [9.17, 15) is 4.79 Å². The zero-order valence-corrected chi connectivity index (χ0v) is 11.4. The van der Waals surface area contributed by atoms with Gasteiger partial charge >= 0.3 is 0 Å². The number of carbonyl (C=O) groups excluding carboxylic acids is 1. The number of rotatable bonds is 6. The van der Waals surface area contributed by atoms with E-state index in [2.05, 4.69) is 24.1 Å². The van der Waals surface area contributed by atoms with Crippen molar-refractivity contribution in [1.29, 1.82) is 0 Å². The van der Waals surface area contributed by atoms with Crippen molar-refractivity contribution in [1.82, 2.24) is 10.2 Å². The summed E-state index contributed by atoms with van der Waals surface area (Å²) < 4.78 is 0. The lowest BCUT2D eigenvalue weighted by Gasteiger charge is -2.20. The summed E-state index contributed by atoms with van der Waals surface area (Å²) in [7, 11) is 0. The molecule has 0 aliphatic carbocycles. The standard InChI is InChI=1S/C13H27N3O/c1-10(2)16-7-6-12(9-16)8-15-13(17)5-4-11(3)14/h10-12H,4-9,14H2,1-3H3,(H,15,17). The van der Waals surface area contributed by atoms with Gasteiger partial charge in [0.15, 0.2) is 0 Å². The number of hydrogen-bond acceptors (Lipinski definition) is 3. The average molecular weight is 241 g/mol. The minimum absolute atomic E-state index is 0.115. The molecule has 2 unspecified atom stereocenters. The number of carbonyl (C=O) groups is 1. The number of hydrogen-bond donors (Lipinski definition) is 2. The molecule has 0 radical (unpaired) electrons. The van der Waals surface area contributed by atoms with Crippen LogP contribution in [-0.4, -0.2) is 42.5 Å². The topological polar surface area (TPSA) is 58.4 Å². The number of nitrogens with two attached hydrogens (primary N) is 1. The van der Waals surface area contributed by atoms with Gasteiger partial charge in [0.2, 0.25) is 5.91 Å². The number of amides is 1. The van der Waals surface area contributed by atoms with Gasteiger partial charge in [-0.2, -0.15) is 0 Å². The molecule has 1 saturated heterocycles. The number of nitrogens with one attached hydrogen (secondary N) is 1. The first kappa shape index (κ1) is 14.5. The monoisotopic (exact) mass is 241 g/mol. The predicted octanol–water partition coefficient (Wildman–Crippen LogP) is 0.960. The molecule has 1 aliphatic heterocycles. The largest absolute Gasteiger partial charge is 0.356 e. The fraction of sp³-hybridized carbons (Fsp3) is 0.923. The van der Waals surface area contributed by atoms with Crippen molar-refractivity contribution in [3.63, 3.8) is 0 Å². The van der Waals surface area contributed by atoms with Crippen LogP contribution in [0.3, 0.4) is 0 Å². The Balaban J connectivity index is 2.13. The molecule has 0 spiro atoms. The molecule has 0 aromatic carbocycles. The molecule has 1 rings (SSSR count). The van der Waals surface area contributed by atoms with Crippen LogP contribution in [0.5, 0.6) is 0 Å². The molecule has 100 valence electrons. The summed E-state index contributed by atoms with van der Waals surface area (Å²) in [5, 5.41) is 3.02. The van der Waals surface area contributed by atoms with Gasteiger partial charge in [0.05, 0.1) is 0 Å². The highest BCUT2D eigenvalue weighted by molar-refractivity contribution is 5.75. The minimum atomic E-state index is 0.115. The third-order valence-corrected chi connectivity index (χ3v) is 3.46. The van der Waals surface area contributed by atoms with Crippen LogP contribution in [0.15, 0.2) is 0 Å². The Morgan fingerprint density at radius 1 is 1.47 bits per heavy atom. The van der Waals surface area contributed by atoms with Gasteiger partial charge in [-0.1, -0.05) is 0 Å². The highest BCUT2D eigenvalue weighted by atomic mass is 16.1. The van der Waals surface area contributed by atoms with E-state index in [0.717, 1.165) is 26.1 Å². The zero-order valence-electron chi connectivity index (χ0n) is 11.4. The fourth-order valence-corrected chi connectivity index (χ4v) is 2.20. The molecule has 1 amide bonds. The van der Waals surface area contributed by atoms with E-state index in [-0.39, 0.29) is 11.9 Å².